The first-order valence-electron chi connectivity index (χ1n) is 5.43. The summed E-state index contributed by atoms with van der Waals surface area (Å²) >= 11 is 0. The number of ketones is 1. The van der Waals surface area contributed by atoms with Crippen LogP contribution in [-0.2, 0) is 10.9 Å². The molecule has 0 amide bonds. The monoisotopic (exact) mass is 279 g/mol. The minimum absolute atomic E-state index is 0.175. The van der Waals surface area contributed by atoms with E-state index in [2.05, 4.69) is 0 Å². The maximum absolute atomic E-state index is 13.1. The molecule has 0 aliphatic rings. The van der Waals surface area contributed by atoms with Gasteiger partial charge in [0.1, 0.15) is 5.82 Å². The number of alkyl halides is 3. The van der Waals surface area contributed by atoms with Gasteiger partial charge in [0.2, 0.25) is 0 Å². The molecule has 0 aliphatic carbocycles. The Balaban J connectivity index is 2.99. The van der Waals surface area contributed by atoms with E-state index >= 15 is 0 Å². The Labute approximate surface area is 107 Å². The standard InChI is InChI=1S/C12H13F4NO2/c1-19-5-4-10(17)11(18)7-2-3-9(13)8(6-7)12(14,15)16/h2-3,6,10H,4-5,17H2,1H3. The summed E-state index contributed by atoms with van der Waals surface area (Å²) in [6.07, 6.45) is -4.68. The van der Waals surface area contributed by atoms with Crippen molar-refractivity contribution in [3.63, 3.8) is 0 Å². The lowest BCUT2D eigenvalue weighted by Gasteiger charge is -2.13. The van der Waals surface area contributed by atoms with E-state index in [-0.39, 0.29) is 18.6 Å². The van der Waals surface area contributed by atoms with Gasteiger partial charge in [0.25, 0.3) is 0 Å². The lowest BCUT2D eigenvalue weighted by atomic mass is 10.00. The molecule has 0 bridgehead atoms. The smallest absolute Gasteiger partial charge is 0.385 e. The molecule has 0 spiro atoms. The van der Waals surface area contributed by atoms with Gasteiger partial charge in [-0.1, -0.05) is 0 Å². The number of rotatable bonds is 5. The van der Waals surface area contributed by atoms with Crippen LogP contribution in [0.5, 0.6) is 0 Å². The number of ether oxygens (including phenoxy) is 1. The summed E-state index contributed by atoms with van der Waals surface area (Å²) in [6, 6.07) is 1.09. The van der Waals surface area contributed by atoms with Crippen LogP contribution >= 0.6 is 0 Å². The van der Waals surface area contributed by atoms with Crippen molar-refractivity contribution in [3.8, 4) is 0 Å². The first-order valence-corrected chi connectivity index (χ1v) is 5.43. The summed E-state index contributed by atoms with van der Waals surface area (Å²) in [5.74, 6) is -2.10. The Morgan fingerprint density at radius 2 is 2.05 bits per heavy atom. The number of benzene rings is 1. The second-order valence-electron chi connectivity index (χ2n) is 3.94. The number of Topliss-reactive ketones (excluding diaryl/α,β-unsaturated/α-hetero) is 1. The van der Waals surface area contributed by atoms with Gasteiger partial charge >= 0.3 is 6.18 Å². The van der Waals surface area contributed by atoms with Crippen LogP contribution in [0.1, 0.15) is 22.3 Å². The fourth-order valence-corrected chi connectivity index (χ4v) is 1.49. The molecule has 0 saturated heterocycles. The molecule has 7 heteroatoms. The Kier molecular flexibility index (Phi) is 5.02. The molecule has 0 aromatic heterocycles. The second kappa shape index (κ2) is 6.12. The molecule has 1 aromatic carbocycles. The summed E-state index contributed by atoms with van der Waals surface area (Å²) in [4.78, 5) is 11.8. The molecule has 0 radical (unpaired) electrons. The molecule has 2 N–H and O–H groups in total. The molecule has 1 aromatic rings. The number of hydrogen-bond donors (Lipinski definition) is 1. The maximum Gasteiger partial charge on any atom is 0.419 e. The van der Waals surface area contributed by atoms with Crippen LogP contribution in [0.3, 0.4) is 0 Å². The minimum atomic E-state index is -4.85. The van der Waals surface area contributed by atoms with Crippen LogP contribution in [-0.4, -0.2) is 25.5 Å². The van der Waals surface area contributed by atoms with Crippen molar-refractivity contribution < 1.29 is 27.1 Å². The molecule has 1 atom stereocenters. The number of nitrogens with two attached hydrogens (primary N) is 1. The predicted octanol–water partition coefficient (Wildman–Crippen LogP) is 2.39. The van der Waals surface area contributed by atoms with Crippen LogP contribution in [0.15, 0.2) is 18.2 Å². The zero-order valence-corrected chi connectivity index (χ0v) is 10.1. The SMILES string of the molecule is COCCC(N)C(=O)c1ccc(F)c(C(F)(F)F)c1. The van der Waals surface area contributed by atoms with E-state index in [4.69, 9.17) is 10.5 Å². The average Bonchev–Trinajstić information content (AvgIpc) is 2.34. The fraction of sp³-hybridized carbons (Fsp3) is 0.417. The van der Waals surface area contributed by atoms with Gasteiger partial charge in [0.15, 0.2) is 5.78 Å². The molecule has 106 valence electrons. The molecular weight excluding hydrogens is 266 g/mol. The highest BCUT2D eigenvalue weighted by molar-refractivity contribution is 6.00. The zero-order valence-electron chi connectivity index (χ0n) is 10.1. The highest BCUT2D eigenvalue weighted by Crippen LogP contribution is 2.32. The van der Waals surface area contributed by atoms with Gasteiger partial charge in [-0.2, -0.15) is 13.2 Å². The Morgan fingerprint density at radius 1 is 1.42 bits per heavy atom. The maximum atomic E-state index is 13.1. The normalized spacial score (nSPS) is 13.4. The van der Waals surface area contributed by atoms with Crippen molar-refractivity contribution in [1.29, 1.82) is 0 Å². The molecular formula is C12H13F4NO2. The quantitative estimate of drug-likeness (QED) is 0.665. The fourth-order valence-electron chi connectivity index (χ4n) is 1.49. The van der Waals surface area contributed by atoms with E-state index in [1.807, 2.05) is 0 Å². The highest BCUT2D eigenvalue weighted by atomic mass is 19.4. The second-order valence-corrected chi connectivity index (χ2v) is 3.94. The van der Waals surface area contributed by atoms with Crippen molar-refractivity contribution in [1.82, 2.24) is 0 Å². The van der Waals surface area contributed by atoms with E-state index in [0.29, 0.717) is 12.1 Å². The number of halogens is 4. The summed E-state index contributed by atoms with van der Waals surface area (Å²) in [6.45, 7) is 0.209. The summed E-state index contributed by atoms with van der Waals surface area (Å²) in [7, 11) is 1.41. The van der Waals surface area contributed by atoms with Gasteiger partial charge in [-0.05, 0) is 24.6 Å². The molecule has 0 aliphatic heterocycles. The Morgan fingerprint density at radius 3 is 2.58 bits per heavy atom. The van der Waals surface area contributed by atoms with Gasteiger partial charge in [-0.25, -0.2) is 4.39 Å². The Bertz CT molecular complexity index is 460. The van der Waals surface area contributed by atoms with Crippen LogP contribution in [0, 0.1) is 5.82 Å². The molecule has 0 saturated carbocycles. The van der Waals surface area contributed by atoms with Crippen LogP contribution in [0.4, 0.5) is 17.6 Å². The molecule has 19 heavy (non-hydrogen) atoms. The van der Waals surface area contributed by atoms with E-state index in [1.165, 1.54) is 7.11 Å². The van der Waals surface area contributed by atoms with E-state index in [9.17, 15) is 22.4 Å². The zero-order chi connectivity index (χ0) is 14.6. The summed E-state index contributed by atoms with van der Waals surface area (Å²) in [5, 5.41) is 0. The van der Waals surface area contributed by atoms with Crippen molar-refractivity contribution in [2.24, 2.45) is 5.73 Å². The van der Waals surface area contributed by atoms with Gasteiger partial charge in [-0.3, -0.25) is 4.79 Å². The van der Waals surface area contributed by atoms with Crippen molar-refractivity contribution in [3.05, 3.63) is 35.1 Å². The van der Waals surface area contributed by atoms with E-state index < -0.39 is 29.4 Å². The van der Waals surface area contributed by atoms with Gasteiger partial charge in [0, 0.05) is 19.3 Å². The lowest BCUT2D eigenvalue weighted by Crippen LogP contribution is -2.32. The summed E-state index contributed by atoms with van der Waals surface area (Å²) < 4.78 is 55.3. The largest absolute Gasteiger partial charge is 0.419 e. The number of hydrogen-bond acceptors (Lipinski definition) is 3. The van der Waals surface area contributed by atoms with E-state index in [1.54, 1.807) is 0 Å². The Hall–Kier alpha value is -1.47. The van der Waals surface area contributed by atoms with Gasteiger partial charge in [0.05, 0.1) is 11.6 Å². The molecule has 1 rings (SSSR count). The minimum Gasteiger partial charge on any atom is -0.385 e. The van der Waals surface area contributed by atoms with Gasteiger partial charge < -0.3 is 10.5 Å². The third kappa shape index (κ3) is 4.00. The molecule has 3 nitrogen and oxygen atoms in total. The van der Waals surface area contributed by atoms with Crippen molar-refractivity contribution in [2.75, 3.05) is 13.7 Å². The first-order chi connectivity index (χ1) is 8.77. The van der Waals surface area contributed by atoms with Gasteiger partial charge in [-0.15, -0.1) is 0 Å². The van der Waals surface area contributed by atoms with Crippen molar-refractivity contribution >= 4 is 5.78 Å². The lowest BCUT2D eigenvalue weighted by molar-refractivity contribution is -0.140. The third-order valence-electron chi connectivity index (χ3n) is 2.53. The van der Waals surface area contributed by atoms with Crippen LogP contribution in [0.2, 0.25) is 0 Å². The van der Waals surface area contributed by atoms with Crippen LogP contribution in [0.25, 0.3) is 0 Å². The topological polar surface area (TPSA) is 52.3 Å². The summed E-state index contributed by atoms with van der Waals surface area (Å²) in [5.41, 5.74) is 3.79. The number of methoxy groups -OCH3 is 1. The number of carbonyl (C=O) groups excluding carboxylic acids is 1. The predicted molar refractivity (Wildman–Crippen MR) is 60.2 cm³/mol. The number of carbonyl (C=O) groups is 1. The average molecular weight is 279 g/mol. The van der Waals surface area contributed by atoms with E-state index in [0.717, 1.165) is 6.07 Å². The molecule has 0 heterocycles. The molecule has 1 unspecified atom stereocenters. The third-order valence-corrected chi connectivity index (χ3v) is 2.53. The van der Waals surface area contributed by atoms with Crippen molar-refractivity contribution in [2.45, 2.75) is 18.6 Å². The molecule has 0 fully saturated rings. The first kappa shape index (κ1) is 15.6. The van der Waals surface area contributed by atoms with Crippen LogP contribution < -0.4 is 5.73 Å². The highest BCUT2D eigenvalue weighted by Gasteiger charge is 2.35.